The van der Waals surface area contributed by atoms with E-state index in [-0.39, 0.29) is 11.9 Å². The number of esters is 1. The Hall–Kier alpha value is -1.75. The normalized spacial score (nSPS) is 22.9. The van der Waals surface area contributed by atoms with Crippen molar-refractivity contribution >= 4 is 5.97 Å². The summed E-state index contributed by atoms with van der Waals surface area (Å²) in [5, 5.41) is 0. The molecule has 2 rings (SSSR count). The van der Waals surface area contributed by atoms with Crippen molar-refractivity contribution in [2.24, 2.45) is 5.92 Å². The third kappa shape index (κ3) is 1.87. The van der Waals surface area contributed by atoms with E-state index in [0.717, 1.165) is 12.0 Å². The van der Waals surface area contributed by atoms with Crippen molar-refractivity contribution in [2.75, 3.05) is 7.11 Å². The van der Waals surface area contributed by atoms with E-state index in [1.54, 1.807) is 0 Å². The molecule has 0 aromatic heterocycles. The van der Waals surface area contributed by atoms with Crippen molar-refractivity contribution in [3.8, 4) is 12.3 Å². The van der Waals surface area contributed by atoms with E-state index >= 15 is 0 Å². The molecule has 0 heterocycles. The summed E-state index contributed by atoms with van der Waals surface area (Å²) >= 11 is 0. The highest BCUT2D eigenvalue weighted by Gasteiger charge is 2.44. The Morgan fingerprint density at radius 2 is 2.13 bits per heavy atom. The molecule has 1 saturated carbocycles. The molecular formula is C13H12O2. The molecule has 15 heavy (non-hydrogen) atoms. The SMILES string of the molecule is C#Cc1ccc([C@H]2C[C@H]2C(=O)OC)cc1. The van der Waals surface area contributed by atoms with E-state index in [0.29, 0.717) is 5.92 Å². The number of carbonyl (C=O) groups excluding carboxylic acids is 1. The molecule has 76 valence electrons. The molecule has 0 aliphatic heterocycles. The lowest BCUT2D eigenvalue weighted by atomic mass is 10.1. The lowest BCUT2D eigenvalue weighted by Crippen LogP contribution is -2.03. The van der Waals surface area contributed by atoms with E-state index in [4.69, 9.17) is 11.2 Å². The maximum Gasteiger partial charge on any atom is 0.309 e. The van der Waals surface area contributed by atoms with E-state index < -0.39 is 0 Å². The molecular weight excluding hydrogens is 188 g/mol. The summed E-state index contributed by atoms with van der Waals surface area (Å²) in [5.41, 5.74) is 2.04. The van der Waals surface area contributed by atoms with Crippen molar-refractivity contribution < 1.29 is 9.53 Å². The lowest BCUT2D eigenvalue weighted by Gasteiger charge is -1.99. The summed E-state index contributed by atoms with van der Waals surface area (Å²) in [7, 11) is 1.43. The number of carbonyl (C=O) groups is 1. The minimum Gasteiger partial charge on any atom is -0.469 e. The van der Waals surface area contributed by atoms with Crippen molar-refractivity contribution in [1.29, 1.82) is 0 Å². The molecule has 0 amide bonds. The average molecular weight is 200 g/mol. The van der Waals surface area contributed by atoms with Gasteiger partial charge >= 0.3 is 5.97 Å². The summed E-state index contributed by atoms with van der Waals surface area (Å²) in [6.45, 7) is 0. The Labute approximate surface area is 89.3 Å². The van der Waals surface area contributed by atoms with Crippen LogP contribution in [0.5, 0.6) is 0 Å². The summed E-state index contributed by atoms with van der Waals surface area (Å²) in [6, 6.07) is 7.79. The number of rotatable bonds is 2. The molecule has 1 aromatic carbocycles. The molecule has 0 saturated heterocycles. The van der Waals surface area contributed by atoms with Gasteiger partial charge in [-0.25, -0.2) is 0 Å². The van der Waals surface area contributed by atoms with E-state index in [1.807, 2.05) is 24.3 Å². The Bertz CT molecular complexity index is 411. The molecule has 1 aliphatic carbocycles. The Kier molecular flexibility index (Phi) is 2.47. The zero-order chi connectivity index (χ0) is 10.8. The van der Waals surface area contributed by atoms with Crippen LogP contribution in [0, 0.1) is 18.3 Å². The highest BCUT2D eigenvalue weighted by Crippen LogP contribution is 2.47. The standard InChI is InChI=1S/C13H12O2/c1-3-9-4-6-10(7-5-9)11-8-12(11)13(14)15-2/h1,4-7,11-12H,8H2,2H3/t11-,12-/m1/s1. The maximum absolute atomic E-state index is 11.2. The molecule has 0 radical (unpaired) electrons. The first kappa shape index (κ1) is 9.79. The van der Waals surface area contributed by atoms with E-state index in [1.165, 1.54) is 12.7 Å². The third-order valence-electron chi connectivity index (χ3n) is 2.80. The predicted octanol–water partition coefficient (Wildman–Crippen LogP) is 1.94. The molecule has 2 atom stereocenters. The van der Waals surface area contributed by atoms with Crippen LogP contribution in [0.15, 0.2) is 24.3 Å². The fraction of sp³-hybridized carbons (Fsp3) is 0.308. The van der Waals surface area contributed by atoms with Crippen LogP contribution in [0.2, 0.25) is 0 Å². The van der Waals surface area contributed by atoms with Crippen molar-refractivity contribution in [3.63, 3.8) is 0 Å². The second kappa shape index (κ2) is 3.78. The van der Waals surface area contributed by atoms with Gasteiger partial charge in [0, 0.05) is 5.56 Å². The molecule has 1 aliphatic rings. The quantitative estimate of drug-likeness (QED) is 0.538. The zero-order valence-corrected chi connectivity index (χ0v) is 8.57. The highest BCUT2D eigenvalue weighted by molar-refractivity contribution is 5.77. The molecule has 0 spiro atoms. The number of benzene rings is 1. The average Bonchev–Trinajstić information content (AvgIpc) is 3.08. The largest absolute Gasteiger partial charge is 0.469 e. The molecule has 0 N–H and O–H groups in total. The van der Waals surface area contributed by atoms with Crippen molar-refractivity contribution in [3.05, 3.63) is 35.4 Å². The van der Waals surface area contributed by atoms with Crippen LogP contribution in [-0.2, 0) is 9.53 Å². The van der Waals surface area contributed by atoms with Gasteiger partial charge in [0.05, 0.1) is 13.0 Å². The van der Waals surface area contributed by atoms with Crippen LogP contribution in [0.25, 0.3) is 0 Å². The first-order valence-electron chi connectivity index (χ1n) is 4.90. The highest BCUT2D eigenvalue weighted by atomic mass is 16.5. The minimum atomic E-state index is -0.110. The van der Waals surface area contributed by atoms with E-state index in [9.17, 15) is 4.79 Å². The Morgan fingerprint density at radius 1 is 1.47 bits per heavy atom. The van der Waals surface area contributed by atoms with Crippen LogP contribution < -0.4 is 0 Å². The fourth-order valence-electron chi connectivity index (χ4n) is 1.80. The van der Waals surface area contributed by atoms with Crippen LogP contribution in [0.4, 0.5) is 0 Å². The first-order valence-corrected chi connectivity index (χ1v) is 4.90. The van der Waals surface area contributed by atoms with Crippen LogP contribution in [0.3, 0.4) is 0 Å². The van der Waals surface area contributed by atoms with Gasteiger partial charge in [-0.15, -0.1) is 6.42 Å². The van der Waals surface area contributed by atoms with Gasteiger partial charge in [0.15, 0.2) is 0 Å². The van der Waals surface area contributed by atoms with Crippen LogP contribution in [0.1, 0.15) is 23.5 Å². The van der Waals surface area contributed by atoms with Crippen molar-refractivity contribution in [1.82, 2.24) is 0 Å². The van der Waals surface area contributed by atoms with Gasteiger partial charge in [-0.3, -0.25) is 4.79 Å². The first-order chi connectivity index (χ1) is 7.26. The summed E-state index contributed by atoms with van der Waals surface area (Å²) in [4.78, 5) is 11.2. The second-order valence-corrected chi connectivity index (χ2v) is 3.74. The topological polar surface area (TPSA) is 26.3 Å². The van der Waals surface area contributed by atoms with Gasteiger partial charge < -0.3 is 4.74 Å². The van der Waals surface area contributed by atoms with Gasteiger partial charge in [-0.1, -0.05) is 18.1 Å². The molecule has 2 nitrogen and oxygen atoms in total. The Balaban J connectivity index is 2.08. The van der Waals surface area contributed by atoms with Crippen molar-refractivity contribution in [2.45, 2.75) is 12.3 Å². The van der Waals surface area contributed by atoms with Gasteiger partial charge in [0.2, 0.25) is 0 Å². The molecule has 2 heteroatoms. The molecule has 0 bridgehead atoms. The monoisotopic (exact) mass is 200 g/mol. The zero-order valence-electron chi connectivity index (χ0n) is 8.57. The van der Waals surface area contributed by atoms with Gasteiger partial charge in [0.1, 0.15) is 0 Å². The number of methoxy groups -OCH3 is 1. The smallest absolute Gasteiger partial charge is 0.309 e. The molecule has 1 fully saturated rings. The number of terminal acetylenes is 1. The fourth-order valence-corrected chi connectivity index (χ4v) is 1.80. The maximum atomic E-state index is 11.2. The van der Waals surface area contributed by atoms with Crippen LogP contribution >= 0.6 is 0 Å². The number of ether oxygens (including phenoxy) is 1. The summed E-state index contributed by atoms with van der Waals surface area (Å²) in [6.07, 6.45) is 6.16. The summed E-state index contributed by atoms with van der Waals surface area (Å²) < 4.78 is 4.70. The van der Waals surface area contributed by atoms with Gasteiger partial charge in [-0.05, 0) is 30.0 Å². The Morgan fingerprint density at radius 3 is 2.67 bits per heavy atom. The van der Waals surface area contributed by atoms with Gasteiger partial charge in [0.25, 0.3) is 0 Å². The van der Waals surface area contributed by atoms with Crippen LogP contribution in [-0.4, -0.2) is 13.1 Å². The summed E-state index contributed by atoms with van der Waals surface area (Å²) in [5.74, 6) is 2.83. The second-order valence-electron chi connectivity index (χ2n) is 3.74. The lowest BCUT2D eigenvalue weighted by molar-refractivity contribution is -0.142. The number of hydrogen-bond acceptors (Lipinski definition) is 2. The van der Waals surface area contributed by atoms with E-state index in [2.05, 4.69) is 5.92 Å². The molecule has 0 unspecified atom stereocenters. The predicted molar refractivity (Wildman–Crippen MR) is 57.2 cm³/mol. The van der Waals surface area contributed by atoms with Gasteiger partial charge in [-0.2, -0.15) is 0 Å². The number of hydrogen-bond donors (Lipinski definition) is 0. The third-order valence-corrected chi connectivity index (χ3v) is 2.80. The molecule has 1 aromatic rings. The minimum absolute atomic E-state index is 0.0479.